The Morgan fingerprint density at radius 2 is 2.00 bits per heavy atom. The molecular formula is C17H24N2O3S. The van der Waals surface area contributed by atoms with E-state index in [4.69, 9.17) is 5.14 Å². The van der Waals surface area contributed by atoms with Gasteiger partial charge < -0.3 is 5.32 Å². The molecule has 0 saturated heterocycles. The number of rotatable bonds is 5. The maximum Gasteiger partial charge on any atom is 0.238 e. The van der Waals surface area contributed by atoms with Gasteiger partial charge in [-0.2, -0.15) is 0 Å². The van der Waals surface area contributed by atoms with Crippen LogP contribution in [0, 0.1) is 17.3 Å². The molecule has 0 unspecified atom stereocenters. The van der Waals surface area contributed by atoms with Crippen molar-refractivity contribution >= 4 is 15.9 Å². The van der Waals surface area contributed by atoms with Gasteiger partial charge in [0.25, 0.3) is 0 Å². The third-order valence-corrected chi connectivity index (χ3v) is 5.31. The lowest BCUT2D eigenvalue weighted by molar-refractivity contribution is -0.123. The molecule has 0 aliphatic heterocycles. The zero-order valence-electron chi connectivity index (χ0n) is 14.0. The fourth-order valence-electron chi connectivity index (χ4n) is 2.98. The summed E-state index contributed by atoms with van der Waals surface area (Å²) in [4.78, 5) is 12.4. The normalized spacial score (nSPS) is 22.3. The fourth-order valence-corrected chi connectivity index (χ4v) is 3.56. The molecule has 1 aliphatic carbocycles. The minimum atomic E-state index is -3.73. The maximum atomic E-state index is 12.4. The lowest BCUT2D eigenvalue weighted by atomic mass is 10.1. The third kappa shape index (κ3) is 4.00. The van der Waals surface area contributed by atoms with Crippen molar-refractivity contribution < 1.29 is 13.2 Å². The van der Waals surface area contributed by atoms with Crippen molar-refractivity contribution in [2.24, 2.45) is 22.4 Å². The molecule has 2 rings (SSSR count). The lowest BCUT2D eigenvalue weighted by Crippen LogP contribution is -2.26. The zero-order chi connectivity index (χ0) is 17.4. The molecular weight excluding hydrogens is 312 g/mol. The summed E-state index contributed by atoms with van der Waals surface area (Å²) in [7, 11) is -3.73. The molecule has 1 aromatic carbocycles. The number of nitrogens with two attached hydrogens (primary N) is 1. The van der Waals surface area contributed by atoms with E-state index < -0.39 is 10.0 Å². The van der Waals surface area contributed by atoms with Crippen LogP contribution in [0.15, 0.2) is 40.8 Å². The van der Waals surface area contributed by atoms with Crippen molar-refractivity contribution in [3.05, 3.63) is 41.5 Å². The van der Waals surface area contributed by atoms with E-state index in [-0.39, 0.29) is 34.6 Å². The monoisotopic (exact) mass is 336 g/mol. The number of allylic oxidation sites excluding steroid dienone is 2. The van der Waals surface area contributed by atoms with Gasteiger partial charge in [-0.1, -0.05) is 37.6 Å². The smallest absolute Gasteiger partial charge is 0.238 e. The summed E-state index contributed by atoms with van der Waals surface area (Å²) in [5, 5.41) is 8.01. The molecule has 2 atom stereocenters. The molecule has 6 heteroatoms. The van der Waals surface area contributed by atoms with Crippen molar-refractivity contribution in [2.75, 3.05) is 0 Å². The fraction of sp³-hybridized carbons (Fsp3) is 0.471. The highest BCUT2D eigenvalue weighted by Gasteiger charge is 2.60. The summed E-state index contributed by atoms with van der Waals surface area (Å²) in [6, 6.07) is 6.31. The SMILES string of the molecule is CC(C)=C[C@@H]1[C@@H](C(=O)NCc2cccc(S(N)(=O)=O)c2)C1(C)C. The third-order valence-electron chi connectivity index (χ3n) is 4.40. The molecule has 1 aromatic rings. The molecule has 1 amide bonds. The number of hydrogen-bond acceptors (Lipinski definition) is 3. The highest BCUT2D eigenvalue weighted by atomic mass is 32.2. The van der Waals surface area contributed by atoms with E-state index in [1.165, 1.54) is 17.7 Å². The lowest BCUT2D eigenvalue weighted by Gasteiger charge is -2.07. The Labute approximate surface area is 138 Å². The van der Waals surface area contributed by atoms with Gasteiger partial charge in [-0.05, 0) is 42.9 Å². The van der Waals surface area contributed by atoms with Crippen LogP contribution in [0.25, 0.3) is 0 Å². The van der Waals surface area contributed by atoms with Crippen molar-refractivity contribution in [3.8, 4) is 0 Å². The predicted octanol–water partition coefficient (Wildman–Crippen LogP) is 2.19. The number of sulfonamides is 1. The average molecular weight is 336 g/mol. The first kappa shape index (κ1) is 17.7. The minimum Gasteiger partial charge on any atom is -0.352 e. The molecule has 0 radical (unpaired) electrons. The van der Waals surface area contributed by atoms with E-state index in [1.54, 1.807) is 12.1 Å². The maximum absolute atomic E-state index is 12.4. The van der Waals surface area contributed by atoms with Gasteiger partial charge in [0.15, 0.2) is 0 Å². The molecule has 0 heterocycles. The quantitative estimate of drug-likeness (QED) is 0.808. The van der Waals surface area contributed by atoms with Crippen LogP contribution in [0.1, 0.15) is 33.3 Å². The summed E-state index contributed by atoms with van der Waals surface area (Å²) in [5.74, 6) is 0.209. The molecule has 1 saturated carbocycles. The first-order valence-electron chi connectivity index (χ1n) is 7.58. The number of nitrogens with one attached hydrogen (secondary N) is 1. The molecule has 1 fully saturated rings. The van der Waals surface area contributed by atoms with E-state index >= 15 is 0 Å². The van der Waals surface area contributed by atoms with Crippen LogP contribution in [-0.2, 0) is 21.4 Å². The Balaban J connectivity index is 2.02. The van der Waals surface area contributed by atoms with Gasteiger partial charge >= 0.3 is 0 Å². The van der Waals surface area contributed by atoms with Crippen LogP contribution < -0.4 is 10.5 Å². The Morgan fingerprint density at radius 1 is 1.35 bits per heavy atom. The van der Waals surface area contributed by atoms with Crippen molar-refractivity contribution in [1.82, 2.24) is 5.32 Å². The summed E-state index contributed by atoms with van der Waals surface area (Å²) in [6.45, 7) is 8.52. The van der Waals surface area contributed by atoms with E-state index in [1.807, 2.05) is 13.8 Å². The molecule has 0 spiro atoms. The summed E-state index contributed by atoms with van der Waals surface area (Å²) >= 11 is 0. The number of hydrogen-bond donors (Lipinski definition) is 2. The Bertz CT molecular complexity index is 747. The Hall–Kier alpha value is -1.66. The van der Waals surface area contributed by atoms with Crippen LogP contribution >= 0.6 is 0 Å². The van der Waals surface area contributed by atoms with Gasteiger partial charge in [0, 0.05) is 6.54 Å². The second-order valence-electron chi connectivity index (χ2n) is 6.98. The molecule has 0 bridgehead atoms. The Morgan fingerprint density at radius 3 is 2.57 bits per heavy atom. The van der Waals surface area contributed by atoms with Gasteiger partial charge in [0.05, 0.1) is 10.8 Å². The van der Waals surface area contributed by atoms with E-state index in [2.05, 4.69) is 25.2 Å². The second-order valence-corrected chi connectivity index (χ2v) is 8.54. The summed E-state index contributed by atoms with van der Waals surface area (Å²) < 4.78 is 22.7. The number of carbonyl (C=O) groups is 1. The van der Waals surface area contributed by atoms with Gasteiger partial charge in [0.1, 0.15) is 0 Å². The molecule has 126 valence electrons. The largest absolute Gasteiger partial charge is 0.352 e. The van der Waals surface area contributed by atoms with Crippen LogP contribution in [-0.4, -0.2) is 14.3 Å². The number of primary sulfonamides is 1. The van der Waals surface area contributed by atoms with Gasteiger partial charge in [-0.25, -0.2) is 13.6 Å². The van der Waals surface area contributed by atoms with Crippen LogP contribution in [0.3, 0.4) is 0 Å². The van der Waals surface area contributed by atoms with Gasteiger partial charge in [-0.3, -0.25) is 4.79 Å². The highest BCUT2D eigenvalue weighted by Crippen LogP contribution is 2.59. The van der Waals surface area contributed by atoms with Gasteiger partial charge in [-0.15, -0.1) is 0 Å². The average Bonchev–Trinajstić information content (AvgIpc) is 2.96. The van der Waals surface area contributed by atoms with Crippen LogP contribution in [0.4, 0.5) is 0 Å². The van der Waals surface area contributed by atoms with Crippen LogP contribution in [0.5, 0.6) is 0 Å². The first-order valence-corrected chi connectivity index (χ1v) is 9.12. The van der Waals surface area contributed by atoms with E-state index in [0.29, 0.717) is 5.56 Å². The zero-order valence-corrected chi connectivity index (χ0v) is 14.8. The molecule has 5 nitrogen and oxygen atoms in total. The Kier molecular flexibility index (Phi) is 4.69. The van der Waals surface area contributed by atoms with Crippen LogP contribution in [0.2, 0.25) is 0 Å². The van der Waals surface area contributed by atoms with E-state index in [0.717, 1.165) is 0 Å². The number of benzene rings is 1. The van der Waals surface area contributed by atoms with Crippen molar-refractivity contribution in [2.45, 2.75) is 39.1 Å². The topological polar surface area (TPSA) is 89.3 Å². The first-order chi connectivity index (χ1) is 10.5. The summed E-state index contributed by atoms with van der Waals surface area (Å²) in [5.41, 5.74) is 1.88. The molecule has 3 N–H and O–H groups in total. The molecule has 1 aliphatic rings. The standard InChI is InChI=1S/C17H24N2O3S/c1-11(2)8-14-15(17(14,3)4)16(20)19-10-12-6-5-7-13(9-12)23(18,21)22/h5-9,14-15H,10H2,1-4H3,(H,19,20)(H2,18,21,22)/t14-,15+/m1/s1. The van der Waals surface area contributed by atoms with Gasteiger partial charge in [0.2, 0.25) is 15.9 Å². The minimum absolute atomic E-state index is 0.00138. The molecule has 0 aromatic heterocycles. The number of carbonyl (C=O) groups excluding carboxylic acids is 1. The predicted molar refractivity (Wildman–Crippen MR) is 89.9 cm³/mol. The highest BCUT2D eigenvalue weighted by molar-refractivity contribution is 7.89. The van der Waals surface area contributed by atoms with E-state index in [9.17, 15) is 13.2 Å². The molecule has 23 heavy (non-hydrogen) atoms. The number of amides is 1. The summed E-state index contributed by atoms with van der Waals surface area (Å²) in [6.07, 6.45) is 2.14. The van der Waals surface area contributed by atoms with Crippen molar-refractivity contribution in [3.63, 3.8) is 0 Å². The second kappa shape index (κ2) is 6.09. The van der Waals surface area contributed by atoms with Crippen molar-refractivity contribution in [1.29, 1.82) is 0 Å².